The molecule has 0 aliphatic carbocycles. The fraction of sp³-hybridized carbons (Fsp3) is 0.286. The molecule has 0 radical (unpaired) electrons. The molecule has 1 aromatic carbocycles. The fourth-order valence-corrected chi connectivity index (χ4v) is 4.67. The van der Waals surface area contributed by atoms with Crippen molar-refractivity contribution >= 4 is 34.0 Å². The van der Waals surface area contributed by atoms with Crippen molar-refractivity contribution in [3.05, 3.63) is 54.9 Å². The van der Waals surface area contributed by atoms with Gasteiger partial charge in [0.2, 0.25) is 5.91 Å². The van der Waals surface area contributed by atoms with Crippen LogP contribution in [0, 0.1) is 5.92 Å². The van der Waals surface area contributed by atoms with Crippen molar-refractivity contribution in [1.82, 2.24) is 9.97 Å². The van der Waals surface area contributed by atoms with Gasteiger partial charge in [0.05, 0.1) is 0 Å². The number of carbonyl (C=O) groups excluding carboxylic acids is 1. The van der Waals surface area contributed by atoms with E-state index in [0.717, 1.165) is 32.6 Å². The molecule has 3 aromatic rings. The number of amides is 1. The Balaban J connectivity index is 2.09. The highest BCUT2D eigenvalue weighted by Gasteiger charge is 2.26. The third kappa shape index (κ3) is 4.39. The number of anilines is 1. The molecule has 140 valence electrons. The summed E-state index contributed by atoms with van der Waals surface area (Å²) in [7, 11) is 0. The number of benzene rings is 1. The van der Waals surface area contributed by atoms with Gasteiger partial charge in [0.1, 0.15) is 15.7 Å². The second kappa shape index (κ2) is 9.15. The molecule has 0 aliphatic heterocycles. The van der Waals surface area contributed by atoms with E-state index in [2.05, 4.69) is 4.98 Å². The van der Waals surface area contributed by atoms with Gasteiger partial charge in [0.15, 0.2) is 0 Å². The predicted molar refractivity (Wildman–Crippen MR) is 116 cm³/mol. The standard InChI is InChI=1S/C21H23N3OS2/c1-4-24(20(25)15(2)14-26-3)21-18(16-9-6-5-7-10-16)23-19(27-21)17-11-8-12-22-13-17/h5-13,15H,4,14H2,1-3H3. The van der Waals surface area contributed by atoms with E-state index in [9.17, 15) is 4.79 Å². The van der Waals surface area contributed by atoms with Crippen LogP contribution in [0.4, 0.5) is 5.00 Å². The summed E-state index contributed by atoms with van der Waals surface area (Å²) in [6.07, 6.45) is 5.59. The molecule has 0 N–H and O–H groups in total. The molecule has 27 heavy (non-hydrogen) atoms. The van der Waals surface area contributed by atoms with E-state index in [1.807, 2.05) is 73.7 Å². The maximum Gasteiger partial charge on any atom is 0.231 e. The molecule has 2 heterocycles. The van der Waals surface area contributed by atoms with Crippen LogP contribution in [-0.2, 0) is 4.79 Å². The van der Waals surface area contributed by atoms with Gasteiger partial charge in [-0.25, -0.2) is 4.98 Å². The van der Waals surface area contributed by atoms with Crippen molar-refractivity contribution in [3.63, 3.8) is 0 Å². The first kappa shape index (κ1) is 19.6. The van der Waals surface area contributed by atoms with Gasteiger partial charge in [0, 0.05) is 41.7 Å². The van der Waals surface area contributed by atoms with Crippen LogP contribution in [-0.4, -0.2) is 34.4 Å². The lowest BCUT2D eigenvalue weighted by atomic mass is 10.1. The van der Waals surface area contributed by atoms with Gasteiger partial charge >= 0.3 is 0 Å². The van der Waals surface area contributed by atoms with E-state index in [0.29, 0.717) is 6.54 Å². The zero-order valence-electron chi connectivity index (χ0n) is 15.8. The molecular weight excluding hydrogens is 374 g/mol. The Kier molecular flexibility index (Phi) is 6.63. The Morgan fingerprint density at radius 3 is 2.56 bits per heavy atom. The normalized spacial score (nSPS) is 12.0. The summed E-state index contributed by atoms with van der Waals surface area (Å²) in [5.41, 5.74) is 2.83. The maximum absolute atomic E-state index is 13.1. The van der Waals surface area contributed by atoms with Gasteiger partial charge in [-0.15, -0.1) is 0 Å². The summed E-state index contributed by atoms with van der Waals surface area (Å²) in [5.74, 6) is 0.919. The Bertz CT molecular complexity index is 881. The number of pyridine rings is 1. The van der Waals surface area contributed by atoms with Crippen molar-refractivity contribution < 1.29 is 4.79 Å². The van der Waals surface area contributed by atoms with Crippen molar-refractivity contribution in [3.8, 4) is 21.8 Å². The quantitative estimate of drug-likeness (QED) is 0.548. The smallest absolute Gasteiger partial charge is 0.231 e. The summed E-state index contributed by atoms with van der Waals surface area (Å²) in [5, 5.41) is 1.78. The monoisotopic (exact) mass is 397 g/mol. The van der Waals surface area contributed by atoms with Gasteiger partial charge in [0.25, 0.3) is 0 Å². The topological polar surface area (TPSA) is 46.1 Å². The van der Waals surface area contributed by atoms with Gasteiger partial charge in [-0.2, -0.15) is 11.8 Å². The van der Waals surface area contributed by atoms with E-state index in [1.54, 1.807) is 29.3 Å². The summed E-state index contributed by atoms with van der Waals surface area (Å²) >= 11 is 3.25. The van der Waals surface area contributed by atoms with Crippen molar-refractivity contribution in [1.29, 1.82) is 0 Å². The first-order valence-corrected chi connectivity index (χ1v) is 11.1. The molecule has 1 atom stereocenters. The van der Waals surface area contributed by atoms with E-state index >= 15 is 0 Å². The molecule has 0 spiro atoms. The fourth-order valence-electron chi connectivity index (χ4n) is 2.88. The number of thiazole rings is 1. The van der Waals surface area contributed by atoms with Crippen LogP contribution in [0.5, 0.6) is 0 Å². The molecule has 0 aliphatic rings. The lowest BCUT2D eigenvalue weighted by Gasteiger charge is -2.23. The number of thioether (sulfide) groups is 1. The maximum atomic E-state index is 13.1. The second-order valence-corrected chi connectivity index (χ2v) is 8.11. The summed E-state index contributed by atoms with van der Waals surface area (Å²) in [6, 6.07) is 14.0. The number of hydrogen-bond acceptors (Lipinski definition) is 5. The van der Waals surface area contributed by atoms with Crippen LogP contribution in [0.2, 0.25) is 0 Å². The molecule has 1 unspecified atom stereocenters. The number of nitrogens with zero attached hydrogens (tertiary/aromatic N) is 3. The molecule has 0 saturated carbocycles. The van der Waals surface area contributed by atoms with Crippen LogP contribution in [0.3, 0.4) is 0 Å². The second-order valence-electron chi connectivity index (χ2n) is 6.22. The molecule has 6 heteroatoms. The molecular formula is C21H23N3OS2. The van der Waals surface area contributed by atoms with Crippen LogP contribution in [0.15, 0.2) is 54.9 Å². The van der Waals surface area contributed by atoms with Crippen LogP contribution in [0.25, 0.3) is 21.8 Å². The van der Waals surface area contributed by atoms with Gasteiger partial charge in [-0.3, -0.25) is 9.78 Å². The minimum Gasteiger partial charge on any atom is -0.302 e. The third-order valence-corrected chi connectivity index (χ3v) is 6.19. The van der Waals surface area contributed by atoms with Gasteiger partial charge in [-0.1, -0.05) is 48.6 Å². The van der Waals surface area contributed by atoms with Crippen molar-refractivity contribution in [2.75, 3.05) is 23.5 Å². The molecule has 4 nitrogen and oxygen atoms in total. The summed E-state index contributed by atoms with van der Waals surface area (Å²) in [4.78, 5) is 24.0. The highest BCUT2D eigenvalue weighted by Crippen LogP contribution is 2.40. The molecule has 0 bridgehead atoms. The molecule has 0 fully saturated rings. The molecule has 0 saturated heterocycles. The van der Waals surface area contributed by atoms with E-state index in [4.69, 9.17) is 4.98 Å². The third-order valence-electron chi connectivity index (χ3n) is 4.23. The lowest BCUT2D eigenvalue weighted by molar-refractivity contribution is -0.121. The minimum absolute atomic E-state index is 0.0347. The SMILES string of the molecule is CCN(C(=O)C(C)CSC)c1sc(-c2cccnc2)nc1-c1ccccc1. The van der Waals surface area contributed by atoms with Crippen LogP contribution >= 0.6 is 23.1 Å². The lowest BCUT2D eigenvalue weighted by Crippen LogP contribution is -2.35. The van der Waals surface area contributed by atoms with Crippen LogP contribution < -0.4 is 4.90 Å². The van der Waals surface area contributed by atoms with Crippen molar-refractivity contribution in [2.24, 2.45) is 5.92 Å². The highest BCUT2D eigenvalue weighted by molar-refractivity contribution is 7.98. The van der Waals surface area contributed by atoms with E-state index < -0.39 is 0 Å². The molecule has 2 aromatic heterocycles. The van der Waals surface area contributed by atoms with Crippen molar-refractivity contribution in [2.45, 2.75) is 13.8 Å². The Morgan fingerprint density at radius 1 is 1.19 bits per heavy atom. The Hall–Kier alpha value is -2.18. The number of carbonyl (C=O) groups is 1. The average Bonchev–Trinajstić information content (AvgIpc) is 3.15. The first-order valence-electron chi connectivity index (χ1n) is 8.92. The largest absolute Gasteiger partial charge is 0.302 e. The number of aromatic nitrogens is 2. The minimum atomic E-state index is -0.0347. The van der Waals surface area contributed by atoms with E-state index in [-0.39, 0.29) is 11.8 Å². The molecule has 1 amide bonds. The van der Waals surface area contributed by atoms with Gasteiger partial charge < -0.3 is 4.90 Å². The zero-order valence-corrected chi connectivity index (χ0v) is 17.4. The Labute approximate surface area is 168 Å². The number of hydrogen-bond donors (Lipinski definition) is 0. The van der Waals surface area contributed by atoms with Gasteiger partial charge in [-0.05, 0) is 25.3 Å². The summed E-state index contributed by atoms with van der Waals surface area (Å²) < 4.78 is 0. The number of rotatable bonds is 7. The Morgan fingerprint density at radius 2 is 1.93 bits per heavy atom. The average molecular weight is 398 g/mol. The zero-order chi connectivity index (χ0) is 19.2. The van der Waals surface area contributed by atoms with E-state index in [1.165, 1.54) is 0 Å². The predicted octanol–water partition coefficient (Wildman–Crippen LogP) is 5.22. The van der Waals surface area contributed by atoms with Crippen LogP contribution in [0.1, 0.15) is 13.8 Å². The first-order chi connectivity index (χ1) is 13.2. The molecule has 3 rings (SSSR count). The highest BCUT2D eigenvalue weighted by atomic mass is 32.2. The summed E-state index contributed by atoms with van der Waals surface area (Å²) in [6.45, 7) is 4.63.